The summed E-state index contributed by atoms with van der Waals surface area (Å²) in [6.07, 6.45) is 0.795. The van der Waals surface area contributed by atoms with E-state index in [1.165, 1.54) is 13.8 Å². The van der Waals surface area contributed by atoms with Gasteiger partial charge in [0.15, 0.2) is 0 Å². The van der Waals surface area contributed by atoms with E-state index in [4.69, 9.17) is 14.2 Å². The number of ether oxygens (including phenoxy) is 3. The summed E-state index contributed by atoms with van der Waals surface area (Å²) in [5.41, 5.74) is 2.20. The molecule has 25 heavy (non-hydrogen) atoms. The van der Waals surface area contributed by atoms with Gasteiger partial charge in [0.1, 0.15) is 23.4 Å². The maximum absolute atomic E-state index is 11.1. The number of fused-ring (bicyclic) bond motifs is 1. The van der Waals surface area contributed by atoms with E-state index in [0.29, 0.717) is 11.5 Å². The van der Waals surface area contributed by atoms with Crippen molar-refractivity contribution in [3.8, 4) is 17.2 Å². The SMILES string of the molecule is CC(=O)Oc1ccc(C2Cc3ccc(OC(C)=O)cc3OC2C)cc1. The van der Waals surface area contributed by atoms with Crippen LogP contribution in [0.4, 0.5) is 0 Å². The fourth-order valence-corrected chi connectivity index (χ4v) is 3.07. The quantitative estimate of drug-likeness (QED) is 0.630. The second-order valence-electron chi connectivity index (χ2n) is 6.16. The topological polar surface area (TPSA) is 61.8 Å². The molecule has 5 nitrogen and oxygen atoms in total. The molecule has 5 heteroatoms. The van der Waals surface area contributed by atoms with Crippen molar-refractivity contribution in [3.63, 3.8) is 0 Å². The maximum atomic E-state index is 11.1. The summed E-state index contributed by atoms with van der Waals surface area (Å²) in [5.74, 6) is 1.28. The van der Waals surface area contributed by atoms with Crippen LogP contribution in [0.3, 0.4) is 0 Å². The van der Waals surface area contributed by atoms with Crippen LogP contribution in [0, 0.1) is 0 Å². The third-order valence-corrected chi connectivity index (χ3v) is 4.19. The molecule has 0 amide bonds. The zero-order valence-electron chi connectivity index (χ0n) is 14.4. The number of benzene rings is 2. The standard InChI is InChI=1S/C20H20O5/c1-12-19(15-4-7-17(8-5-15)24-13(2)21)10-16-6-9-18(25-14(3)22)11-20(16)23-12/h4-9,11-12,19H,10H2,1-3H3. The molecule has 1 aliphatic rings. The van der Waals surface area contributed by atoms with Crippen molar-refractivity contribution in [3.05, 3.63) is 53.6 Å². The van der Waals surface area contributed by atoms with Crippen LogP contribution in [0.5, 0.6) is 17.2 Å². The van der Waals surface area contributed by atoms with Crippen LogP contribution in [-0.2, 0) is 16.0 Å². The van der Waals surface area contributed by atoms with Crippen molar-refractivity contribution in [1.82, 2.24) is 0 Å². The second-order valence-corrected chi connectivity index (χ2v) is 6.16. The monoisotopic (exact) mass is 340 g/mol. The molecule has 0 saturated heterocycles. The van der Waals surface area contributed by atoms with Gasteiger partial charge in [-0.25, -0.2) is 0 Å². The van der Waals surface area contributed by atoms with Crippen molar-refractivity contribution in [1.29, 1.82) is 0 Å². The molecule has 0 saturated carbocycles. The Hall–Kier alpha value is -2.82. The fourth-order valence-electron chi connectivity index (χ4n) is 3.07. The summed E-state index contributed by atoms with van der Waals surface area (Å²) in [6, 6.07) is 13.0. The largest absolute Gasteiger partial charge is 0.490 e. The third-order valence-electron chi connectivity index (χ3n) is 4.19. The van der Waals surface area contributed by atoms with Crippen LogP contribution < -0.4 is 14.2 Å². The Bertz CT molecular complexity index is 794. The highest BCUT2D eigenvalue weighted by molar-refractivity contribution is 5.70. The second kappa shape index (κ2) is 6.97. The van der Waals surface area contributed by atoms with Crippen molar-refractivity contribution in [2.24, 2.45) is 0 Å². The number of hydrogen-bond acceptors (Lipinski definition) is 5. The smallest absolute Gasteiger partial charge is 0.308 e. The predicted molar refractivity (Wildman–Crippen MR) is 92.0 cm³/mol. The van der Waals surface area contributed by atoms with Gasteiger partial charge in [-0.2, -0.15) is 0 Å². The number of carbonyl (C=O) groups excluding carboxylic acids is 2. The van der Waals surface area contributed by atoms with Crippen LogP contribution in [-0.4, -0.2) is 18.0 Å². The van der Waals surface area contributed by atoms with Gasteiger partial charge in [0.2, 0.25) is 0 Å². The lowest BCUT2D eigenvalue weighted by Crippen LogP contribution is -2.28. The molecule has 0 fully saturated rings. The molecule has 0 aliphatic carbocycles. The van der Waals surface area contributed by atoms with Gasteiger partial charge in [0, 0.05) is 25.8 Å². The van der Waals surface area contributed by atoms with Gasteiger partial charge in [-0.15, -0.1) is 0 Å². The summed E-state index contributed by atoms with van der Waals surface area (Å²) in [4.78, 5) is 22.1. The van der Waals surface area contributed by atoms with E-state index in [9.17, 15) is 9.59 Å². The Morgan fingerprint density at radius 2 is 1.56 bits per heavy atom. The average Bonchev–Trinajstić information content (AvgIpc) is 2.54. The Morgan fingerprint density at radius 3 is 2.20 bits per heavy atom. The van der Waals surface area contributed by atoms with Crippen LogP contribution in [0.2, 0.25) is 0 Å². The van der Waals surface area contributed by atoms with Gasteiger partial charge in [-0.1, -0.05) is 18.2 Å². The lowest BCUT2D eigenvalue weighted by molar-refractivity contribution is -0.132. The molecule has 2 atom stereocenters. The summed E-state index contributed by atoms with van der Waals surface area (Å²) in [7, 11) is 0. The van der Waals surface area contributed by atoms with Gasteiger partial charge in [0.25, 0.3) is 0 Å². The molecule has 0 spiro atoms. The van der Waals surface area contributed by atoms with E-state index in [-0.39, 0.29) is 24.0 Å². The third kappa shape index (κ3) is 3.99. The minimum absolute atomic E-state index is 0.0281. The first-order chi connectivity index (χ1) is 11.9. The molecule has 2 aromatic carbocycles. The minimum Gasteiger partial charge on any atom is -0.490 e. The zero-order chi connectivity index (χ0) is 18.0. The molecule has 0 N–H and O–H groups in total. The number of rotatable bonds is 3. The highest BCUT2D eigenvalue weighted by Gasteiger charge is 2.28. The zero-order valence-corrected chi connectivity index (χ0v) is 14.4. The average molecular weight is 340 g/mol. The molecular formula is C20H20O5. The summed E-state index contributed by atoms with van der Waals surface area (Å²) in [5, 5.41) is 0. The Morgan fingerprint density at radius 1 is 0.960 bits per heavy atom. The number of hydrogen-bond donors (Lipinski definition) is 0. The summed E-state index contributed by atoms with van der Waals surface area (Å²) in [6.45, 7) is 4.77. The predicted octanol–water partition coefficient (Wildman–Crippen LogP) is 3.64. The highest BCUT2D eigenvalue weighted by atomic mass is 16.5. The molecule has 3 rings (SSSR count). The van der Waals surface area contributed by atoms with E-state index < -0.39 is 0 Å². The molecule has 0 aromatic heterocycles. The van der Waals surface area contributed by atoms with Crippen LogP contribution in [0.15, 0.2) is 42.5 Å². The molecule has 1 aliphatic heterocycles. The van der Waals surface area contributed by atoms with Crippen LogP contribution in [0.1, 0.15) is 37.8 Å². The van der Waals surface area contributed by atoms with Gasteiger partial charge in [0.05, 0.1) is 0 Å². The molecular weight excluding hydrogens is 320 g/mol. The lowest BCUT2D eigenvalue weighted by atomic mass is 9.85. The van der Waals surface area contributed by atoms with E-state index >= 15 is 0 Å². The minimum atomic E-state index is -0.352. The van der Waals surface area contributed by atoms with Crippen molar-refractivity contribution >= 4 is 11.9 Å². The number of carbonyl (C=O) groups is 2. The van der Waals surface area contributed by atoms with Gasteiger partial charge >= 0.3 is 11.9 Å². The number of esters is 2. The first kappa shape index (κ1) is 17.0. The molecule has 2 unspecified atom stereocenters. The first-order valence-electron chi connectivity index (χ1n) is 8.19. The summed E-state index contributed by atoms with van der Waals surface area (Å²) < 4.78 is 16.2. The summed E-state index contributed by atoms with van der Waals surface area (Å²) >= 11 is 0. The Kier molecular flexibility index (Phi) is 4.74. The molecule has 1 heterocycles. The highest BCUT2D eigenvalue weighted by Crippen LogP contribution is 2.38. The fraction of sp³-hybridized carbons (Fsp3) is 0.300. The molecule has 0 radical (unpaired) electrons. The van der Waals surface area contributed by atoms with Crippen LogP contribution in [0.25, 0.3) is 0 Å². The van der Waals surface area contributed by atoms with Crippen molar-refractivity contribution in [2.45, 2.75) is 39.2 Å². The van der Waals surface area contributed by atoms with Gasteiger partial charge < -0.3 is 14.2 Å². The maximum Gasteiger partial charge on any atom is 0.308 e. The van der Waals surface area contributed by atoms with E-state index in [1.54, 1.807) is 24.3 Å². The Balaban J connectivity index is 1.79. The van der Waals surface area contributed by atoms with E-state index in [1.807, 2.05) is 25.1 Å². The Labute approximate surface area is 146 Å². The van der Waals surface area contributed by atoms with Gasteiger partial charge in [-0.3, -0.25) is 9.59 Å². The first-order valence-corrected chi connectivity index (χ1v) is 8.19. The lowest BCUT2D eigenvalue weighted by Gasteiger charge is -2.32. The van der Waals surface area contributed by atoms with E-state index in [0.717, 1.165) is 23.3 Å². The van der Waals surface area contributed by atoms with Crippen LogP contribution >= 0.6 is 0 Å². The van der Waals surface area contributed by atoms with E-state index in [2.05, 4.69) is 0 Å². The van der Waals surface area contributed by atoms with Gasteiger partial charge in [-0.05, 0) is 42.7 Å². The molecule has 2 aromatic rings. The normalized spacial score (nSPS) is 18.7. The molecule has 0 bridgehead atoms. The van der Waals surface area contributed by atoms with Crippen molar-refractivity contribution in [2.75, 3.05) is 0 Å². The van der Waals surface area contributed by atoms with Crippen molar-refractivity contribution < 1.29 is 23.8 Å². The molecule has 130 valence electrons.